The summed E-state index contributed by atoms with van der Waals surface area (Å²) in [6, 6.07) is 8.33. The van der Waals surface area contributed by atoms with Crippen molar-refractivity contribution in [1.29, 1.82) is 0 Å². The maximum Gasteiger partial charge on any atom is 0.136 e. The van der Waals surface area contributed by atoms with Gasteiger partial charge in [-0.15, -0.1) is 11.6 Å². The summed E-state index contributed by atoms with van der Waals surface area (Å²) >= 11 is 6.03. The molecule has 4 heteroatoms. The first-order valence-corrected chi connectivity index (χ1v) is 7.87. The Hall–Kier alpha value is -1.32. The van der Waals surface area contributed by atoms with Crippen molar-refractivity contribution in [1.82, 2.24) is 4.98 Å². The Kier molecular flexibility index (Phi) is 5.83. The number of alkyl halides is 1. The summed E-state index contributed by atoms with van der Waals surface area (Å²) in [6.07, 6.45) is 1.89. The summed E-state index contributed by atoms with van der Waals surface area (Å²) in [7, 11) is 1.73. The second kappa shape index (κ2) is 7.62. The molecule has 0 unspecified atom stereocenters. The van der Waals surface area contributed by atoms with Gasteiger partial charge in [-0.3, -0.25) is 0 Å². The van der Waals surface area contributed by atoms with Crippen molar-refractivity contribution in [3.63, 3.8) is 0 Å². The monoisotopic (exact) mass is 306 g/mol. The van der Waals surface area contributed by atoms with Gasteiger partial charge in [-0.1, -0.05) is 38.1 Å². The lowest BCUT2D eigenvalue weighted by Gasteiger charge is -2.27. The fraction of sp³-hybridized carbons (Fsp3) is 0.471. The van der Waals surface area contributed by atoms with Crippen LogP contribution in [0.15, 0.2) is 30.5 Å². The largest absolute Gasteiger partial charge is 0.383 e. The number of nitrogens with zero attached hydrogens (tertiary/aromatic N) is 2. The van der Waals surface area contributed by atoms with E-state index in [9.17, 15) is 0 Å². The first kappa shape index (κ1) is 16.1. The molecule has 0 spiro atoms. The molecule has 1 heterocycles. The molecule has 0 aliphatic rings. The topological polar surface area (TPSA) is 25.4 Å². The van der Waals surface area contributed by atoms with Gasteiger partial charge < -0.3 is 9.64 Å². The van der Waals surface area contributed by atoms with Gasteiger partial charge in [0.2, 0.25) is 0 Å². The van der Waals surface area contributed by atoms with Crippen LogP contribution in [0.4, 0.5) is 5.82 Å². The minimum atomic E-state index is 0.482. The standard InChI is InChI=1S/C17H23ClN2O/c1-13(2)12-20(8-9-21-3)17-16-7-5-4-6-15(16)14(10-18)11-19-17/h4-7,11,13H,8-10,12H2,1-3H3. The molecule has 0 N–H and O–H groups in total. The van der Waals surface area contributed by atoms with Gasteiger partial charge in [-0.05, 0) is 16.9 Å². The molecule has 21 heavy (non-hydrogen) atoms. The minimum Gasteiger partial charge on any atom is -0.383 e. The molecule has 1 aromatic heterocycles. The van der Waals surface area contributed by atoms with E-state index in [0.717, 1.165) is 29.9 Å². The molecular formula is C17H23ClN2O. The molecule has 3 nitrogen and oxygen atoms in total. The van der Waals surface area contributed by atoms with Crippen LogP contribution in [0, 0.1) is 5.92 Å². The number of ether oxygens (including phenoxy) is 1. The third kappa shape index (κ3) is 3.86. The van der Waals surface area contributed by atoms with E-state index < -0.39 is 0 Å². The van der Waals surface area contributed by atoms with E-state index in [1.54, 1.807) is 7.11 Å². The third-order valence-electron chi connectivity index (χ3n) is 3.45. The van der Waals surface area contributed by atoms with Crippen molar-refractivity contribution in [3.8, 4) is 0 Å². The number of aromatic nitrogens is 1. The van der Waals surface area contributed by atoms with E-state index >= 15 is 0 Å². The van der Waals surface area contributed by atoms with Crippen molar-refractivity contribution < 1.29 is 4.74 Å². The Bertz CT molecular complexity index is 586. The third-order valence-corrected chi connectivity index (χ3v) is 3.74. The van der Waals surface area contributed by atoms with Crippen LogP contribution in [0.1, 0.15) is 19.4 Å². The predicted molar refractivity (Wildman–Crippen MR) is 90.2 cm³/mol. The molecule has 114 valence electrons. The van der Waals surface area contributed by atoms with Crippen LogP contribution in [-0.2, 0) is 10.6 Å². The van der Waals surface area contributed by atoms with Crippen molar-refractivity contribution in [3.05, 3.63) is 36.0 Å². The zero-order chi connectivity index (χ0) is 15.2. The van der Waals surface area contributed by atoms with E-state index in [0.29, 0.717) is 18.4 Å². The van der Waals surface area contributed by atoms with E-state index in [4.69, 9.17) is 16.3 Å². The lowest BCUT2D eigenvalue weighted by Crippen LogP contribution is -2.31. The Labute approximate surface area is 131 Å². The Morgan fingerprint density at radius 3 is 2.57 bits per heavy atom. The fourth-order valence-corrected chi connectivity index (χ4v) is 2.73. The average molecular weight is 307 g/mol. The number of hydrogen-bond donors (Lipinski definition) is 0. The number of fused-ring (bicyclic) bond motifs is 1. The molecule has 0 radical (unpaired) electrons. The van der Waals surface area contributed by atoms with Gasteiger partial charge >= 0.3 is 0 Å². The predicted octanol–water partition coefficient (Wildman–Crippen LogP) is 4.08. The molecule has 0 aliphatic carbocycles. The summed E-state index contributed by atoms with van der Waals surface area (Å²) in [4.78, 5) is 6.97. The molecule has 0 bridgehead atoms. The molecule has 0 saturated heterocycles. The number of methoxy groups -OCH3 is 1. The zero-order valence-corrected chi connectivity index (χ0v) is 13.7. The SMILES string of the molecule is COCCN(CC(C)C)c1ncc(CCl)c2ccccc12. The summed E-state index contributed by atoms with van der Waals surface area (Å²) in [5.41, 5.74) is 1.08. The number of pyridine rings is 1. The first-order chi connectivity index (χ1) is 10.2. The number of halogens is 1. The maximum atomic E-state index is 6.03. The van der Waals surface area contributed by atoms with E-state index in [-0.39, 0.29) is 0 Å². The molecule has 0 saturated carbocycles. The second-order valence-electron chi connectivity index (χ2n) is 5.62. The number of anilines is 1. The number of rotatable bonds is 7. The van der Waals surface area contributed by atoms with E-state index in [1.807, 2.05) is 12.3 Å². The summed E-state index contributed by atoms with van der Waals surface area (Å²) in [5, 5.41) is 2.34. The van der Waals surface area contributed by atoms with Crippen molar-refractivity contribution in [2.24, 2.45) is 5.92 Å². The van der Waals surface area contributed by atoms with Gasteiger partial charge in [-0.2, -0.15) is 0 Å². The van der Waals surface area contributed by atoms with Crippen LogP contribution in [-0.4, -0.2) is 31.8 Å². The van der Waals surface area contributed by atoms with Crippen molar-refractivity contribution in [2.45, 2.75) is 19.7 Å². The van der Waals surface area contributed by atoms with Gasteiger partial charge in [0.25, 0.3) is 0 Å². The van der Waals surface area contributed by atoms with Crippen LogP contribution >= 0.6 is 11.6 Å². The Morgan fingerprint density at radius 1 is 1.24 bits per heavy atom. The second-order valence-corrected chi connectivity index (χ2v) is 5.89. The lowest BCUT2D eigenvalue weighted by atomic mass is 10.1. The van der Waals surface area contributed by atoms with Crippen LogP contribution in [0.3, 0.4) is 0 Å². The molecule has 2 rings (SSSR count). The van der Waals surface area contributed by atoms with Crippen LogP contribution in [0.5, 0.6) is 0 Å². The highest BCUT2D eigenvalue weighted by Crippen LogP contribution is 2.28. The normalized spacial score (nSPS) is 11.3. The number of benzene rings is 1. The molecule has 0 amide bonds. The molecular weight excluding hydrogens is 284 g/mol. The Morgan fingerprint density at radius 2 is 1.95 bits per heavy atom. The van der Waals surface area contributed by atoms with E-state index in [1.165, 1.54) is 5.39 Å². The molecule has 2 aromatic rings. The highest BCUT2D eigenvalue weighted by Gasteiger charge is 2.14. The van der Waals surface area contributed by atoms with Crippen LogP contribution in [0.2, 0.25) is 0 Å². The lowest BCUT2D eigenvalue weighted by molar-refractivity contribution is 0.204. The van der Waals surface area contributed by atoms with Crippen molar-refractivity contribution >= 4 is 28.2 Å². The van der Waals surface area contributed by atoms with Gasteiger partial charge in [-0.25, -0.2) is 4.98 Å². The van der Waals surface area contributed by atoms with Crippen LogP contribution in [0.25, 0.3) is 10.8 Å². The molecule has 0 fully saturated rings. The van der Waals surface area contributed by atoms with E-state index in [2.05, 4.69) is 41.9 Å². The maximum absolute atomic E-state index is 6.03. The van der Waals surface area contributed by atoms with Gasteiger partial charge in [0.05, 0.1) is 6.61 Å². The zero-order valence-electron chi connectivity index (χ0n) is 13.0. The quantitative estimate of drug-likeness (QED) is 0.721. The highest BCUT2D eigenvalue weighted by molar-refractivity contribution is 6.18. The minimum absolute atomic E-state index is 0.482. The molecule has 1 aromatic carbocycles. The Balaban J connectivity index is 2.46. The van der Waals surface area contributed by atoms with Gasteiger partial charge in [0.15, 0.2) is 0 Å². The molecule has 0 aliphatic heterocycles. The summed E-state index contributed by atoms with van der Waals surface area (Å²) in [5.74, 6) is 2.07. The highest BCUT2D eigenvalue weighted by atomic mass is 35.5. The average Bonchev–Trinajstić information content (AvgIpc) is 2.50. The summed E-state index contributed by atoms with van der Waals surface area (Å²) < 4.78 is 5.24. The molecule has 0 atom stereocenters. The van der Waals surface area contributed by atoms with Gasteiger partial charge in [0.1, 0.15) is 5.82 Å². The fourth-order valence-electron chi connectivity index (χ4n) is 2.52. The first-order valence-electron chi connectivity index (χ1n) is 7.33. The van der Waals surface area contributed by atoms with Gasteiger partial charge in [0, 0.05) is 37.7 Å². The van der Waals surface area contributed by atoms with Crippen molar-refractivity contribution in [2.75, 3.05) is 31.7 Å². The van der Waals surface area contributed by atoms with Crippen LogP contribution < -0.4 is 4.90 Å². The summed E-state index contributed by atoms with van der Waals surface area (Å²) in [6.45, 7) is 6.93. The number of hydrogen-bond acceptors (Lipinski definition) is 3. The smallest absolute Gasteiger partial charge is 0.136 e.